The number of hydrogen-bond acceptors (Lipinski definition) is 2. The molecule has 24 heavy (non-hydrogen) atoms. The first-order chi connectivity index (χ1) is 11.4. The van der Waals surface area contributed by atoms with E-state index < -0.39 is 0 Å². The fourth-order valence-corrected chi connectivity index (χ4v) is 2.40. The summed E-state index contributed by atoms with van der Waals surface area (Å²) < 4.78 is 0. The third-order valence-electron chi connectivity index (χ3n) is 3.81. The van der Waals surface area contributed by atoms with Gasteiger partial charge in [-0.3, -0.25) is 9.59 Å². The van der Waals surface area contributed by atoms with Gasteiger partial charge in [0.1, 0.15) is 0 Å². The van der Waals surface area contributed by atoms with Crippen molar-refractivity contribution >= 4 is 29.1 Å². The van der Waals surface area contributed by atoms with Gasteiger partial charge in [-0.1, -0.05) is 24.6 Å². The second-order valence-corrected chi connectivity index (χ2v) is 6.21. The molecule has 0 spiro atoms. The Morgan fingerprint density at radius 2 is 1.75 bits per heavy atom. The van der Waals surface area contributed by atoms with Gasteiger partial charge in [-0.2, -0.15) is 0 Å². The lowest BCUT2D eigenvalue weighted by Crippen LogP contribution is -2.32. The van der Waals surface area contributed by atoms with Gasteiger partial charge in [0.15, 0.2) is 0 Å². The van der Waals surface area contributed by atoms with Crippen molar-refractivity contribution in [3.63, 3.8) is 0 Å². The first kappa shape index (κ1) is 18.0. The Morgan fingerprint density at radius 1 is 1.08 bits per heavy atom. The predicted octanol–water partition coefficient (Wildman–Crippen LogP) is 4.43. The molecule has 0 fully saturated rings. The molecule has 0 heterocycles. The molecule has 0 aliphatic heterocycles. The van der Waals surface area contributed by atoms with E-state index in [2.05, 4.69) is 10.6 Å². The lowest BCUT2D eigenvalue weighted by Gasteiger charge is -2.12. The summed E-state index contributed by atoms with van der Waals surface area (Å²) in [6.07, 6.45) is 0.849. The molecule has 0 radical (unpaired) electrons. The van der Waals surface area contributed by atoms with Crippen LogP contribution < -0.4 is 10.6 Å². The molecule has 2 rings (SSSR count). The van der Waals surface area contributed by atoms with E-state index in [4.69, 9.17) is 11.6 Å². The minimum Gasteiger partial charge on any atom is -0.350 e. The molecule has 0 aliphatic carbocycles. The third-order valence-corrected chi connectivity index (χ3v) is 4.05. The number of carbonyl (C=O) groups excluding carboxylic acids is 2. The Balaban J connectivity index is 2.15. The summed E-state index contributed by atoms with van der Waals surface area (Å²) in [7, 11) is 0. The van der Waals surface area contributed by atoms with Crippen molar-refractivity contribution in [1.82, 2.24) is 5.32 Å². The summed E-state index contributed by atoms with van der Waals surface area (Å²) in [6.45, 7) is 5.82. The number of rotatable bonds is 5. The van der Waals surface area contributed by atoms with Gasteiger partial charge in [0.2, 0.25) is 0 Å². The van der Waals surface area contributed by atoms with Crippen molar-refractivity contribution in [1.29, 1.82) is 0 Å². The molecular weight excluding hydrogens is 324 g/mol. The molecule has 0 saturated carbocycles. The fourth-order valence-electron chi connectivity index (χ4n) is 2.17. The molecule has 0 saturated heterocycles. The molecule has 0 bridgehead atoms. The maximum absolute atomic E-state index is 12.4. The molecular formula is C19H21ClN2O2. The van der Waals surface area contributed by atoms with Crippen molar-refractivity contribution in [3.05, 3.63) is 64.2 Å². The number of amides is 2. The highest BCUT2D eigenvalue weighted by Gasteiger charge is 2.13. The van der Waals surface area contributed by atoms with Crippen LogP contribution in [0.2, 0.25) is 5.02 Å². The molecule has 1 unspecified atom stereocenters. The van der Waals surface area contributed by atoms with Crippen LogP contribution in [-0.4, -0.2) is 17.9 Å². The van der Waals surface area contributed by atoms with E-state index in [-0.39, 0.29) is 17.9 Å². The van der Waals surface area contributed by atoms with Gasteiger partial charge in [0.25, 0.3) is 11.8 Å². The fraction of sp³-hybridized carbons (Fsp3) is 0.263. The van der Waals surface area contributed by atoms with Gasteiger partial charge in [-0.15, -0.1) is 0 Å². The van der Waals surface area contributed by atoms with Gasteiger partial charge in [-0.05, 0) is 62.2 Å². The van der Waals surface area contributed by atoms with Crippen LogP contribution in [-0.2, 0) is 0 Å². The topological polar surface area (TPSA) is 58.2 Å². The minimum atomic E-state index is -0.265. The summed E-state index contributed by atoms with van der Waals surface area (Å²) in [5.41, 5.74) is 2.47. The number of hydrogen-bond donors (Lipinski definition) is 2. The molecule has 2 aromatic carbocycles. The molecule has 2 amide bonds. The van der Waals surface area contributed by atoms with Gasteiger partial charge >= 0.3 is 0 Å². The molecule has 2 aromatic rings. The van der Waals surface area contributed by atoms with Crippen LogP contribution in [0.1, 0.15) is 46.5 Å². The number of nitrogens with one attached hydrogen (secondary N) is 2. The molecule has 0 aliphatic rings. The zero-order chi connectivity index (χ0) is 17.7. The number of benzene rings is 2. The molecule has 126 valence electrons. The SMILES string of the molecule is CCC(C)NC(=O)c1cccc(C(=O)Nc2ccc(Cl)cc2C)c1. The molecule has 0 aromatic heterocycles. The summed E-state index contributed by atoms with van der Waals surface area (Å²) >= 11 is 5.92. The Morgan fingerprint density at radius 3 is 2.38 bits per heavy atom. The summed E-state index contributed by atoms with van der Waals surface area (Å²) in [4.78, 5) is 24.6. The van der Waals surface area contributed by atoms with E-state index in [9.17, 15) is 9.59 Å². The molecule has 5 heteroatoms. The van der Waals surface area contributed by atoms with Gasteiger partial charge < -0.3 is 10.6 Å². The van der Waals surface area contributed by atoms with Crippen LogP contribution in [0.5, 0.6) is 0 Å². The number of aryl methyl sites for hydroxylation is 1. The van der Waals surface area contributed by atoms with Crippen molar-refractivity contribution in [3.8, 4) is 0 Å². The number of halogens is 1. The minimum absolute atomic E-state index is 0.0895. The maximum atomic E-state index is 12.4. The average molecular weight is 345 g/mol. The van der Waals surface area contributed by atoms with Gasteiger partial charge in [0, 0.05) is 27.9 Å². The second-order valence-electron chi connectivity index (χ2n) is 5.78. The predicted molar refractivity (Wildman–Crippen MR) is 97.8 cm³/mol. The second kappa shape index (κ2) is 7.97. The summed E-state index contributed by atoms with van der Waals surface area (Å²) in [6, 6.07) is 12.0. The normalized spacial score (nSPS) is 11.7. The van der Waals surface area contributed by atoms with E-state index in [0.717, 1.165) is 12.0 Å². The van der Waals surface area contributed by atoms with Crippen LogP contribution in [0.15, 0.2) is 42.5 Å². The molecule has 2 N–H and O–H groups in total. The van der Waals surface area contributed by atoms with Crippen LogP contribution in [0.25, 0.3) is 0 Å². The quantitative estimate of drug-likeness (QED) is 0.843. The highest BCUT2D eigenvalue weighted by molar-refractivity contribution is 6.30. The smallest absolute Gasteiger partial charge is 0.255 e. The van der Waals surface area contributed by atoms with Gasteiger partial charge in [0.05, 0.1) is 0 Å². The Kier molecular flexibility index (Phi) is 5.99. The first-order valence-corrected chi connectivity index (χ1v) is 8.27. The van der Waals surface area contributed by atoms with E-state index in [0.29, 0.717) is 21.8 Å². The monoisotopic (exact) mass is 344 g/mol. The van der Waals surface area contributed by atoms with Crippen molar-refractivity contribution < 1.29 is 9.59 Å². The van der Waals surface area contributed by atoms with Gasteiger partial charge in [-0.25, -0.2) is 0 Å². The maximum Gasteiger partial charge on any atom is 0.255 e. The van der Waals surface area contributed by atoms with Crippen LogP contribution in [0, 0.1) is 6.92 Å². The lowest BCUT2D eigenvalue weighted by atomic mass is 10.1. The molecule has 4 nitrogen and oxygen atoms in total. The zero-order valence-electron chi connectivity index (χ0n) is 14.0. The number of anilines is 1. The lowest BCUT2D eigenvalue weighted by molar-refractivity contribution is 0.0939. The Labute approximate surface area is 147 Å². The highest BCUT2D eigenvalue weighted by atomic mass is 35.5. The van der Waals surface area contributed by atoms with E-state index >= 15 is 0 Å². The Bertz CT molecular complexity index is 759. The van der Waals surface area contributed by atoms with E-state index in [1.165, 1.54) is 0 Å². The highest BCUT2D eigenvalue weighted by Crippen LogP contribution is 2.20. The largest absolute Gasteiger partial charge is 0.350 e. The number of carbonyl (C=O) groups is 2. The first-order valence-electron chi connectivity index (χ1n) is 7.89. The standard InChI is InChI=1S/C19H21ClN2O2/c1-4-13(3)21-18(23)14-6-5-7-15(11-14)19(24)22-17-9-8-16(20)10-12(17)2/h5-11,13H,4H2,1-3H3,(H,21,23)(H,22,24). The van der Waals surface area contributed by atoms with Crippen LogP contribution in [0.4, 0.5) is 5.69 Å². The van der Waals surface area contributed by atoms with Crippen molar-refractivity contribution in [2.75, 3.05) is 5.32 Å². The zero-order valence-corrected chi connectivity index (χ0v) is 14.8. The van der Waals surface area contributed by atoms with Crippen molar-refractivity contribution in [2.24, 2.45) is 0 Å². The van der Waals surface area contributed by atoms with E-state index in [1.807, 2.05) is 20.8 Å². The summed E-state index contributed by atoms with van der Waals surface area (Å²) in [5.74, 6) is -0.444. The van der Waals surface area contributed by atoms with Crippen LogP contribution in [0.3, 0.4) is 0 Å². The third kappa shape index (κ3) is 4.59. The summed E-state index contributed by atoms with van der Waals surface area (Å²) in [5, 5.41) is 6.35. The average Bonchev–Trinajstić information content (AvgIpc) is 2.57. The van der Waals surface area contributed by atoms with Crippen LogP contribution >= 0.6 is 11.6 Å². The Hall–Kier alpha value is -2.33. The van der Waals surface area contributed by atoms with Crippen molar-refractivity contribution in [2.45, 2.75) is 33.2 Å². The molecule has 1 atom stereocenters. The van der Waals surface area contributed by atoms with E-state index in [1.54, 1.807) is 42.5 Å².